The van der Waals surface area contributed by atoms with Crippen LogP contribution in [0.1, 0.15) is 58.8 Å². The predicted octanol–water partition coefficient (Wildman–Crippen LogP) is -1.63. The molecule has 0 aromatic heterocycles. The molecule has 11 heteroatoms. The molecular formula is C23H44N2O9. The van der Waals surface area contributed by atoms with Crippen molar-refractivity contribution in [3.8, 4) is 0 Å². The number of unbranched alkanes of at least 4 members (excludes halogenated alkanes) is 5. The molecular weight excluding hydrogens is 448 g/mol. The molecule has 1 saturated carbocycles. The molecule has 0 radical (unpaired) electrons. The van der Waals surface area contributed by atoms with E-state index in [1.807, 2.05) is 0 Å². The Labute approximate surface area is 201 Å². The number of carbonyl (C=O) groups is 1. The quantitative estimate of drug-likeness (QED) is 0.139. The zero-order valence-electron chi connectivity index (χ0n) is 20.3. The fourth-order valence-corrected chi connectivity index (χ4v) is 4.84. The molecule has 1 saturated heterocycles. The second kappa shape index (κ2) is 14.6. The van der Waals surface area contributed by atoms with Crippen LogP contribution in [-0.2, 0) is 14.3 Å². The first-order chi connectivity index (χ1) is 16.2. The monoisotopic (exact) mass is 492 g/mol. The van der Waals surface area contributed by atoms with Crippen molar-refractivity contribution in [2.24, 2.45) is 5.92 Å². The van der Waals surface area contributed by atoms with Gasteiger partial charge in [0.1, 0.15) is 18.2 Å². The van der Waals surface area contributed by atoms with Crippen LogP contribution < -0.4 is 10.6 Å². The topological polar surface area (TPSA) is 181 Å². The molecule has 1 aliphatic carbocycles. The van der Waals surface area contributed by atoms with Crippen LogP contribution >= 0.6 is 0 Å². The van der Waals surface area contributed by atoms with E-state index in [4.69, 9.17) is 9.47 Å². The normalized spacial score (nSPS) is 38.6. The summed E-state index contributed by atoms with van der Waals surface area (Å²) in [6.45, 7) is 2.99. The Morgan fingerprint density at radius 3 is 2.21 bits per heavy atom. The van der Waals surface area contributed by atoms with E-state index < -0.39 is 73.4 Å². The van der Waals surface area contributed by atoms with Gasteiger partial charge in [0.25, 0.3) is 0 Å². The number of amides is 1. The molecule has 34 heavy (non-hydrogen) atoms. The van der Waals surface area contributed by atoms with E-state index in [1.165, 1.54) is 26.2 Å². The van der Waals surface area contributed by atoms with Crippen LogP contribution in [0.4, 0.5) is 0 Å². The van der Waals surface area contributed by atoms with Crippen LogP contribution in [0.5, 0.6) is 0 Å². The lowest BCUT2D eigenvalue weighted by molar-refractivity contribution is -0.249. The number of aliphatic hydroxyl groups is 6. The first-order valence-corrected chi connectivity index (χ1v) is 12.5. The maximum absolute atomic E-state index is 11.8. The highest BCUT2D eigenvalue weighted by Gasteiger charge is 2.49. The van der Waals surface area contributed by atoms with Crippen molar-refractivity contribution < 1.29 is 44.9 Å². The highest BCUT2D eigenvalue weighted by molar-refractivity contribution is 5.73. The Hall–Kier alpha value is -0.890. The number of hydrogen-bond acceptors (Lipinski definition) is 10. The van der Waals surface area contributed by atoms with Crippen LogP contribution in [0.3, 0.4) is 0 Å². The first-order valence-electron chi connectivity index (χ1n) is 12.5. The van der Waals surface area contributed by atoms with Gasteiger partial charge in [-0.25, -0.2) is 0 Å². The lowest BCUT2D eigenvalue weighted by Gasteiger charge is -2.48. The molecule has 0 unspecified atom stereocenters. The van der Waals surface area contributed by atoms with Gasteiger partial charge in [-0.1, -0.05) is 39.0 Å². The van der Waals surface area contributed by atoms with Crippen molar-refractivity contribution in [1.82, 2.24) is 10.6 Å². The van der Waals surface area contributed by atoms with E-state index in [1.54, 1.807) is 0 Å². The van der Waals surface area contributed by atoms with Gasteiger partial charge in [-0.15, -0.1) is 0 Å². The highest BCUT2D eigenvalue weighted by atomic mass is 16.7. The van der Waals surface area contributed by atoms with Crippen molar-refractivity contribution in [3.63, 3.8) is 0 Å². The van der Waals surface area contributed by atoms with Crippen LogP contribution in [-0.4, -0.2) is 111 Å². The molecule has 8 N–H and O–H groups in total. The molecule has 0 bridgehead atoms. The summed E-state index contributed by atoms with van der Waals surface area (Å²) in [5.74, 6) is -1.07. The van der Waals surface area contributed by atoms with Crippen LogP contribution in [0.2, 0.25) is 0 Å². The van der Waals surface area contributed by atoms with E-state index >= 15 is 0 Å². The first kappa shape index (κ1) is 29.3. The molecule has 1 amide bonds. The van der Waals surface area contributed by atoms with Gasteiger partial charge in [0, 0.05) is 32.1 Å². The number of rotatable bonds is 13. The second-order valence-electron chi connectivity index (χ2n) is 9.53. The van der Waals surface area contributed by atoms with Crippen molar-refractivity contribution in [2.75, 3.05) is 19.8 Å². The van der Waals surface area contributed by atoms with Gasteiger partial charge >= 0.3 is 0 Å². The van der Waals surface area contributed by atoms with E-state index in [-0.39, 0.29) is 13.0 Å². The van der Waals surface area contributed by atoms with Crippen molar-refractivity contribution in [2.45, 2.75) is 114 Å². The summed E-state index contributed by atoms with van der Waals surface area (Å²) in [7, 11) is 0. The molecule has 0 spiro atoms. The van der Waals surface area contributed by atoms with Crippen LogP contribution in [0.15, 0.2) is 0 Å². The fourth-order valence-electron chi connectivity index (χ4n) is 4.84. The third-order valence-corrected chi connectivity index (χ3v) is 6.86. The Balaban J connectivity index is 2.05. The number of nitrogens with one attached hydrogen (secondary N) is 2. The van der Waals surface area contributed by atoms with Gasteiger partial charge in [0.15, 0.2) is 6.29 Å². The zero-order chi connectivity index (χ0) is 25.3. The molecule has 2 fully saturated rings. The van der Waals surface area contributed by atoms with Crippen molar-refractivity contribution in [1.29, 1.82) is 0 Å². The van der Waals surface area contributed by atoms with Gasteiger partial charge < -0.3 is 50.7 Å². The maximum Gasteiger partial charge on any atom is 0.217 e. The predicted molar refractivity (Wildman–Crippen MR) is 123 cm³/mol. The van der Waals surface area contributed by atoms with Gasteiger partial charge in [-0.05, 0) is 12.8 Å². The summed E-state index contributed by atoms with van der Waals surface area (Å²) in [4.78, 5) is 11.8. The molecule has 2 rings (SSSR count). The van der Waals surface area contributed by atoms with Gasteiger partial charge in [0.2, 0.25) is 5.91 Å². The zero-order valence-corrected chi connectivity index (χ0v) is 20.3. The SMILES string of the molecule is CCCCCCCCO[C@@H]1O[C@H](CO)[C@@H](N[C@@H]2C[C@H](CO)[C@H](O)[C@H](O)[C@H]2O)[C@H](O)[C@H]1NC(C)=O. The molecule has 1 heterocycles. The average molecular weight is 493 g/mol. The molecule has 1 aliphatic heterocycles. The summed E-state index contributed by atoms with van der Waals surface area (Å²) < 4.78 is 11.7. The largest absolute Gasteiger partial charge is 0.396 e. The maximum atomic E-state index is 11.8. The Bertz CT molecular complexity index is 597. The van der Waals surface area contributed by atoms with Gasteiger partial charge in [-0.2, -0.15) is 0 Å². The summed E-state index contributed by atoms with van der Waals surface area (Å²) in [6, 6.07) is -2.65. The summed E-state index contributed by atoms with van der Waals surface area (Å²) in [6.07, 6.45) is -0.731. The Morgan fingerprint density at radius 2 is 1.59 bits per heavy atom. The van der Waals surface area contributed by atoms with Crippen molar-refractivity contribution in [3.05, 3.63) is 0 Å². The fraction of sp³-hybridized carbons (Fsp3) is 0.957. The Kier molecular flexibility index (Phi) is 12.6. The summed E-state index contributed by atoms with van der Waals surface area (Å²) in [5.41, 5.74) is 0. The number of aliphatic hydroxyl groups excluding tert-OH is 6. The number of ether oxygens (including phenoxy) is 2. The molecule has 2 aliphatic rings. The van der Waals surface area contributed by atoms with Gasteiger partial charge in [0.05, 0.1) is 31.0 Å². The standard InChI is InChI=1S/C23H44N2O9/c1-3-4-5-6-7-8-9-33-23-18(24-13(2)28)21(31)17(16(12-27)34-23)25-15-10-14(11-26)19(29)22(32)20(15)30/h14-23,25-27,29-32H,3-12H2,1-2H3,(H,24,28)/t14-,15-,16-,17-,18-,19+,20+,21+,22+,23-/m1/s1. The third-order valence-electron chi connectivity index (χ3n) is 6.86. The van der Waals surface area contributed by atoms with E-state index in [0.717, 1.165) is 19.3 Å². The minimum absolute atomic E-state index is 0.125. The lowest BCUT2D eigenvalue weighted by Crippen LogP contribution is -2.71. The lowest BCUT2D eigenvalue weighted by atomic mass is 9.79. The highest BCUT2D eigenvalue weighted by Crippen LogP contribution is 2.29. The summed E-state index contributed by atoms with van der Waals surface area (Å²) >= 11 is 0. The smallest absolute Gasteiger partial charge is 0.217 e. The van der Waals surface area contributed by atoms with E-state index in [0.29, 0.717) is 6.61 Å². The van der Waals surface area contributed by atoms with E-state index in [9.17, 15) is 35.4 Å². The summed E-state index contributed by atoms with van der Waals surface area (Å²) in [5, 5.41) is 66.9. The molecule has 11 nitrogen and oxygen atoms in total. The van der Waals surface area contributed by atoms with Gasteiger partial charge in [-0.3, -0.25) is 4.79 Å². The average Bonchev–Trinajstić information content (AvgIpc) is 2.81. The minimum atomic E-state index is -1.49. The molecule has 10 atom stereocenters. The number of hydrogen-bond donors (Lipinski definition) is 8. The van der Waals surface area contributed by atoms with E-state index in [2.05, 4.69) is 17.6 Å². The minimum Gasteiger partial charge on any atom is -0.396 e. The molecule has 0 aromatic carbocycles. The van der Waals surface area contributed by atoms with Crippen LogP contribution in [0.25, 0.3) is 0 Å². The third kappa shape index (κ3) is 7.81. The second-order valence-corrected chi connectivity index (χ2v) is 9.53. The van der Waals surface area contributed by atoms with Crippen LogP contribution in [0, 0.1) is 5.92 Å². The van der Waals surface area contributed by atoms with Crippen molar-refractivity contribution >= 4 is 5.91 Å². The molecule has 0 aromatic rings. The molecule has 200 valence electrons. The number of carbonyl (C=O) groups excluding carboxylic acids is 1. The Morgan fingerprint density at radius 1 is 0.912 bits per heavy atom.